The van der Waals surface area contributed by atoms with Gasteiger partial charge in [0.15, 0.2) is 0 Å². The molecule has 0 aromatic heterocycles. The molecule has 0 aliphatic rings. The molecule has 58 valence electrons. The van der Waals surface area contributed by atoms with E-state index < -0.39 is 0 Å². The molecule has 0 atom stereocenters. The molecule has 0 aliphatic heterocycles. The zero-order valence-electron chi connectivity index (χ0n) is 5.68. The van der Waals surface area contributed by atoms with E-state index in [0.717, 1.165) is 0 Å². The molecule has 1 aromatic carbocycles. The first kappa shape index (κ1) is 8.44. The van der Waals surface area contributed by atoms with Crippen molar-refractivity contribution >= 4 is 23.2 Å². The largest absolute Gasteiger partial charge is 0.464 e. The van der Waals surface area contributed by atoms with Gasteiger partial charge < -0.3 is 4.74 Å². The van der Waals surface area contributed by atoms with Crippen LogP contribution in [-0.2, 0) is 0 Å². The van der Waals surface area contributed by atoms with Gasteiger partial charge in [0.25, 0.3) is 0 Å². The van der Waals surface area contributed by atoms with Crippen LogP contribution in [0.5, 0.6) is 5.75 Å². The summed E-state index contributed by atoms with van der Waals surface area (Å²) in [4.78, 5) is 0. The maximum Gasteiger partial charge on any atom is 0.145 e. The smallest absolute Gasteiger partial charge is 0.145 e. The third-order valence-corrected chi connectivity index (χ3v) is 1.63. The second kappa shape index (κ2) is 3.65. The van der Waals surface area contributed by atoms with Gasteiger partial charge in [-0.3, -0.25) is 0 Å². The molecule has 1 rings (SSSR count). The molecular weight excluding hydrogens is 183 g/mol. The average molecular weight is 189 g/mol. The minimum absolute atomic E-state index is 0.484. The van der Waals surface area contributed by atoms with Crippen LogP contribution < -0.4 is 4.74 Å². The Labute approximate surface area is 75.2 Å². The summed E-state index contributed by atoms with van der Waals surface area (Å²) in [6, 6.07) is 5.00. The van der Waals surface area contributed by atoms with Crippen LogP contribution in [0.3, 0.4) is 0 Å². The summed E-state index contributed by atoms with van der Waals surface area (Å²) in [5.41, 5.74) is 0. The molecule has 0 spiro atoms. The fourth-order valence-electron chi connectivity index (χ4n) is 0.661. The zero-order valence-corrected chi connectivity index (χ0v) is 7.19. The van der Waals surface area contributed by atoms with Crippen LogP contribution >= 0.6 is 23.2 Å². The van der Waals surface area contributed by atoms with Crippen molar-refractivity contribution in [2.75, 3.05) is 0 Å². The molecule has 1 aromatic rings. The number of rotatable bonds is 2. The van der Waals surface area contributed by atoms with E-state index in [0.29, 0.717) is 15.8 Å². The van der Waals surface area contributed by atoms with Gasteiger partial charge in [0.05, 0.1) is 11.3 Å². The van der Waals surface area contributed by atoms with Crippen LogP contribution in [0.25, 0.3) is 0 Å². The van der Waals surface area contributed by atoms with Gasteiger partial charge in [-0.1, -0.05) is 29.8 Å². The molecule has 1 nitrogen and oxygen atoms in total. The molecule has 0 saturated carbocycles. The standard InChI is InChI=1S/C8H6Cl2O/c1-2-11-8-4-3-6(9)5-7(8)10/h2-5H,1H2. The van der Waals surface area contributed by atoms with Crippen molar-refractivity contribution in [2.45, 2.75) is 0 Å². The van der Waals surface area contributed by atoms with Crippen LogP contribution in [0.15, 0.2) is 31.0 Å². The topological polar surface area (TPSA) is 9.23 Å². The van der Waals surface area contributed by atoms with Crippen LogP contribution in [0.2, 0.25) is 10.0 Å². The molecule has 0 fully saturated rings. The molecule has 0 amide bonds. The summed E-state index contributed by atoms with van der Waals surface area (Å²) in [5.74, 6) is 0.561. The monoisotopic (exact) mass is 188 g/mol. The maximum absolute atomic E-state index is 5.75. The van der Waals surface area contributed by atoms with Crippen molar-refractivity contribution in [3.63, 3.8) is 0 Å². The number of hydrogen-bond donors (Lipinski definition) is 0. The quantitative estimate of drug-likeness (QED) is 0.646. The molecule has 0 saturated heterocycles. The lowest BCUT2D eigenvalue weighted by atomic mass is 10.3. The first-order valence-electron chi connectivity index (χ1n) is 2.96. The summed E-state index contributed by atoms with van der Waals surface area (Å²) >= 11 is 11.4. The second-order valence-corrected chi connectivity index (χ2v) is 2.70. The predicted molar refractivity (Wildman–Crippen MR) is 47.3 cm³/mol. The van der Waals surface area contributed by atoms with Crippen molar-refractivity contribution in [3.05, 3.63) is 41.1 Å². The summed E-state index contributed by atoms with van der Waals surface area (Å²) in [6.45, 7) is 3.41. The SMILES string of the molecule is C=COc1ccc(Cl)cc1Cl. The van der Waals surface area contributed by atoms with Crippen molar-refractivity contribution in [1.29, 1.82) is 0 Å². The second-order valence-electron chi connectivity index (χ2n) is 1.86. The number of benzene rings is 1. The molecule has 0 unspecified atom stereocenters. The third-order valence-electron chi connectivity index (χ3n) is 1.10. The van der Waals surface area contributed by atoms with E-state index in [4.69, 9.17) is 27.9 Å². The normalized spacial score (nSPS) is 9.27. The average Bonchev–Trinajstić information content (AvgIpc) is 1.95. The first-order chi connectivity index (χ1) is 5.24. The lowest BCUT2D eigenvalue weighted by Gasteiger charge is -2.01. The molecular formula is C8H6Cl2O. The Morgan fingerprint density at radius 1 is 1.36 bits per heavy atom. The van der Waals surface area contributed by atoms with E-state index in [1.54, 1.807) is 18.2 Å². The van der Waals surface area contributed by atoms with E-state index in [1.165, 1.54) is 6.26 Å². The Morgan fingerprint density at radius 3 is 2.64 bits per heavy atom. The van der Waals surface area contributed by atoms with Crippen LogP contribution in [0.1, 0.15) is 0 Å². The van der Waals surface area contributed by atoms with E-state index in [-0.39, 0.29) is 0 Å². The molecule has 11 heavy (non-hydrogen) atoms. The van der Waals surface area contributed by atoms with E-state index in [2.05, 4.69) is 6.58 Å². The van der Waals surface area contributed by atoms with E-state index >= 15 is 0 Å². The maximum atomic E-state index is 5.75. The summed E-state index contributed by atoms with van der Waals surface area (Å²) in [7, 11) is 0. The highest BCUT2D eigenvalue weighted by molar-refractivity contribution is 6.35. The van der Waals surface area contributed by atoms with Crippen molar-refractivity contribution in [3.8, 4) is 5.75 Å². The van der Waals surface area contributed by atoms with Gasteiger partial charge in [0.1, 0.15) is 5.75 Å². The number of ether oxygens (including phenoxy) is 1. The van der Waals surface area contributed by atoms with Gasteiger partial charge in [0, 0.05) is 5.02 Å². The molecule has 0 heterocycles. The summed E-state index contributed by atoms with van der Waals surface area (Å²) in [6.07, 6.45) is 1.31. The molecule has 0 bridgehead atoms. The third kappa shape index (κ3) is 2.14. The fraction of sp³-hybridized carbons (Fsp3) is 0. The minimum atomic E-state index is 0.484. The summed E-state index contributed by atoms with van der Waals surface area (Å²) in [5, 5.41) is 1.07. The minimum Gasteiger partial charge on any atom is -0.464 e. The first-order valence-corrected chi connectivity index (χ1v) is 3.72. The lowest BCUT2D eigenvalue weighted by Crippen LogP contribution is -1.80. The van der Waals surface area contributed by atoms with E-state index in [9.17, 15) is 0 Å². The predicted octanol–water partition coefficient (Wildman–Crippen LogP) is 3.52. The van der Waals surface area contributed by atoms with Crippen LogP contribution in [-0.4, -0.2) is 0 Å². The fourth-order valence-corrected chi connectivity index (χ4v) is 1.11. The Morgan fingerprint density at radius 2 is 2.09 bits per heavy atom. The Balaban J connectivity index is 2.98. The van der Waals surface area contributed by atoms with Gasteiger partial charge >= 0.3 is 0 Å². The Bertz CT molecular complexity index is 271. The highest BCUT2D eigenvalue weighted by atomic mass is 35.5. The number of halogens is 2. The van der Waals surface area contributed by atoms with Gasteiger partial charge in [0.2, 0.25) is 0 Å². The molecule has 0 N–H and O–H groups in total. The lowest BCUT2D eigenvalue weighted by molar-refractivity contribution is 0.484. The van der Waals surface area contributed by atoms with Gasteiger partial charge in [-0.15, -0.1) is 0 Å². The summed E-state index contributed by atoms with van der Waals surface area (Å²) < 4.78 is 4.96. The molecule has 0 aliphatic carbocycles. The highest BCUT2D eigenvalue weighted by Gasteiger charge is 1.99. The van der Waals surface area contributed by atoms with Gasteiger partial charge in [-0.25, -0.2) is 0 Å². The molecule has 0 radical (unpaired) electrons. The number of hydrogen-bond acceptors (Lipinski definition) is 1. The van der Waals surface area contributed by atoms with Crippen molar-refractivity contribution in [2.24, 2.45) is 0 Å². The Kier molecular flexibility index (Phi) is 2.80. The van der Waals surface area contributed by atoms with Gasteiger partial charge in [-0.2, -0.15) is 0 Å². The highest BCUT2D eigenvalue weighted by Crippen LogP contribution is 2.27. The van der Waals surface area contributed by atoms with Crippen LogP contribution in [0, 0.1) is 0 Å². The van der Waals surface area contributed by atoms with E-state index in [1.807, 2.05) is 0 Å². The van der Waals surface area contributed by atoms with Crippen LogP contribution in [0.4, 0.5) is 0 Å². The molecule has 3 heteroatoms. The van der Waals surface area contributed by atoms with Crippen molar-refractivity contribution in [1.82, 2.24) is 0 Å². The Hall–Kier alpha value is -0.660. The van der Waals surface area contributed by atoms with Gasteiger partial charge in [-0.05, 0) is 18.2 Å². The van der Waals surface area contributed by atoms with Crippen molar-refractivity contribution < 1.29 is 4.74 Å². The zero-order chi connectivity index (χ0) is 8.27.